The van der Waals surface area contributed by atoms with Crippen LogP contribution >= 0.6 is 12.2 Å². The first kappa shape index (κ1) is 11.6. The molecule has 4 nitrogen and oxygen atoms in total. The van der Waals surface area contributed by atoms with E-state index in [2.05, 4.69) is 17.6 Å². The van der Waals surface area contributed by atoms with Gasteiger partial charge in [0.25, 0.3) is 0 Å². The number of fused-ring (bicyclic) bond motifs is 4. The van der Waals surface area contributed by atoms with Crippen LogP contribution in [0.5, 0.6) is 11.5 Å². The van der Waals surface area contributed by atoms with E-state index in [0.717, 1.165) is 17.1 Å². The number of benzene rings is 1. The van der Waals surface area contributed by atoms with Crippen LogP contribution in [-0.4, -0.2) is 17.9 Å². The molecule has 1 saturated heterocycles. The molecule has 2 N–H and O–H groups in total. The Labute approximate surface area is 112 Å². The van der Waals surface area contributed by atoms with Crippen LogP contribution in [-0.2, 0) is 0 Å². The minimum atomic E-state index is -0.450. The average molecular weight is 264 g/mol. The van der Waals surface area contributed by atoms with Crippen LogP contribution in [0.3, 0.4) is 0 Å². The predicted octanol–water partition coefficient (Wildman–Crippen LogP) is 1.96. The van der Waals surface area contributed by atoms with Gasteiger partial charge in [0.15, 0.2) is 10.8 Å². The molecule has 0 radical (unpaired) electrons. The van der Waals surface area contributed by atoms with Crippen LogP contribution in [0.1, 0.15) is 25.5 Å². The first-order valence-electron chi connectivity index (χ1n) is 5.99. The lowest BCUT2D eigenvalue weighted by atomic mass is 9.82. The highest BCUT2D eigenvalue weighted by Gasteiger charge is 2.48. The molecular formula is C13H16N2O2S. The Balaban J connectivity index is 2.12. The van der Waals surface area contributed by atoms with Crippen LogP contribution in [0.2, 0.25) is 0 Å². The van der Waals surface area contributed by atoms with Crippen molar-refractivity contribution in [1.82, 2.24) is 10.6 Å². The van der Waals surface area contributed by atoms with Crippen molar-refractivity contribution in [2.45, 2.75) is 25.6 Å². The molecule has 0 amide bonds. The minimum absolute atomic E-state index is 0.155. The summed E-state index contributed by atoms with van der Waals surface area (Å²) in [6.07, 6.45) is 0. The second-order valence-corrected chi connectivity index (χ2v) is 5.39. The third kappa shape index (κ3) is 1.54. The van der Waals surface area contributed by atoms with Gasteiger partial charge in [-0.15, -0.1) is 0 Å². The molecule has 3 unspecified atom stereocenters. The maximum atomic E-state index is 6.08. The number of rotatable bonds is 1. The van der Waals surface area contributed by atoms with Gasteiger partial charge in [-0.05, 0) is 37.3 Å². The van der Waals surface area contributed by atoms with Crippen molar-refractivity contribution in [3.05, 3.63) is 23.8 Å². The number of methoxy groups -OCH3 is 1. The SMILES string of the molecule is COc1ccc2c(c1)C1NC(=S)NC(C)(O2)C1C. The smallest absolute Gasteiger partial charge is 0.184 e. The highest BCUT2D eigenvalue weighted by molar-refractivity contribution is 7.80. The lowest BCUT2D eigenvalue weighted by molar-refractivity contribution is -0.0264. The van der Waals surface area contributed by atoms with Crippen molar-refractivity contribution in [2.75, 3.05) is 7.11 Å². The van der Waals surface area contributed by atoms with E-state index in [1.54, 1.807) is 7.11 Å². The molecule has 2 heterocycles. The zero-order valence-corrected chi connectivity index (χ0v) is 11.4. The van der Waals surface area contributed by atoms with Crippen molar-refractivity contribution in [3.63, 3.8) is 0 Å². The Morgan fingerprint density at radius 1 is 1.44 bits per heavy atom. The predicted molar refractivity (Wildman–Crippen MR) is 72.8 cm³/mol. The summed E-state index contributed by atoms with van der Waals surface area (Å²) in [4.78, 5) is 0. The van der Waals surface area contributed by atoms with Crippen molar-refractivity contribution in [1.29, 1.82) is 0 Å². The summed E-state index contributed by atoms with van der Waals surface area (Å²) >= 11 is 5.24. The molecular weight excluding hydrogens is 248 g/mol. The molecule has 0 aromatic heterocycles. The third-order valence-electron chi connectivity index (χ3n) is 3.89. The van der Waals surface area contributed by atoms with E-state index in [0.29, 0.717) is 5.11 Å². The Hall–Kier alpha value is -1.49. The third-order valence-corrected chi connectivity index (χ3v) is 4.11. The summed E-state index contributed by atoms with van der Waals surface area (Å²) in [6.45, 7) is 4.18. The van der Waals surface area contributed by atoms with E-state index in [4.69, 9.17) is 21.7 Å². The molecule has 0 aliphatic carbocycles. The summed E-state index contributed by atoms with van der Waals surface area (Å²) in [7, 11) is 1.67. The molecule has 18 heavy (non-hydrogen) atoms. The van der Waals surface area contributed by atoms with Crippen molar-refractivity contribution in [3.8, 4) is 11.5 Å². The van der Waals surface area contributed by atoms with Gasteiger partial charge in [0.1, 0.15) is 11.5 Å². The number of thiocarbonyl (C=S) groups is 1. The number of ether oxygens (including phenoxy) is 2. The number of nitrogens with one attached hydrogen (secondary N) is 2. The molecule has 1 aromatic carbocycles. The molecule has 1 fully saturated rings. The lowest BCUT2D eigenvalue weighted by Crippen LogP contribution is -2.67. The summed E-state index contributed by atoms with van der Waals surface area (Å²) in [5.41, 5.74) is 0.650. The molecule has 2 aliphatic rings. The molecule has 1 aromatic rings. The van der Waals surface area contributed by atoms with Gasteiger partial charge in [-0.1, -0.05) is 6.92 Å². The summed E-state index contributed by atoms with van der Waals surface area (Å²) in [5, 5.41) is 7.16. The highest BCUT2D eigenvalue weighted by Crippen LogP contribution is 2.45. The summed E-state index contributed by atoms with van der Waals surface area (Å²) in [6, 6.07) is 6.02. The minimum Gasteiger partial charge on any atom is -0.497 e. The largest absolute Gasteiger partial charge is 0.497 e. The fourth-order valence-electron chi connectivity index (χ4n) is 2.64. The van der Waals surface area contributed by atoms with Crippen molar-refractivity contribution < 1.29 is 9.47 Å². The zero-order chi connectivity index (χ0) is 12.9. The average Bonchev–Trinajstić information content (AvgIpc) is 2.32. The van der Waals surface area contributed by atoms with Crippen molar-refractivity contribution in [2.24, 2.45) is 5.92 Å². The van der Waals surface area contributed by atoms with Gasteiger partial charge in [-0.3, -0.25) is 0 Å². The Kier molecular flexibility index (Phi) is 2.41. The molecule has 0 spiro atoms. The van der Waals surface area contributed by atoms with E-state index in [1.165, 1.54) is 0 Å². The topological polar surface area (TPSA) is 42.5 Å². The van der Waals surface area contributed by atoms with Crippen LogP contribution in [0.15, 0.2) is 18.2 Å². The molecule has 3 atom stereocenters. The van der Waals surface area contributed by atoms with E-state index in [9.17, 15) is 0 Å². The highest BCUT2D eigenvalue weighted by atomic mass is 32.1. The van der Waals surface area contributed by atoms with Crippen LogP contribution in [0.25, 0.3) is 0 Å². The first-order valence-corrected chi connectivity index (χ1v) is 6.40. The Morgan fingerprint density at radius 2 is 2.22 bits per heavy atom. The van der Waals surface area contributed by atoms with Gasteiger partial charge in [0.2, 0.25) is 0 Å². The van der Waals surface area contributed by atoms with E-state index < -0.39 is 5.72 Å². The molecule has 2 aliphatic heterocycles. The van der Waals surface area contributed by atoms with Gasteiger partial charge >= 0.3 is 0 Å². The van der Waals surface area contributed by atoms with Crippen LogP contribution in [0.4, 0.5) is 0 Å². The Morgan fingerprint density at radius 3 is 2.94 bits per heavy atom. The van der Waals surface area contributed by atoms with Crippen molar-refractivity contribution >= 4 is 17.3 Å². The molecule has 96 valence electrons. The number of hydrogen-bond donors (Lipinski definition) is 2. The van der Waals surface area contributed by atoms with Gasteiger partial charge in [-0.2, -0.15) is 0 Å². The van der Waals surface area contributed by atoms with E-state index >= 15 is 0 Å². The van der Waals surface area contributed by atoms with Gasteiger partial charge in [0, 0.05) is 11.5 Å². The molecule has 2 bridgehead atoms. The lowest BCUT2D eigenvalue weighted by Gasteiger charge is -2.50. The summed E-state index contributed by atoms with van der Waals surface area (Å²) < 4.78 is 11.4. The Bertz CT molecular complexity index is 520. The second-order valence-electron chi connectivity index (χ2n) is 4.98. The van der Waals surface area contributed by atoms with E-state index in [1.807, 2.05) is 25.1 Å². The van der Waals surface area contributed by atoms with Crippen LogP contribution in [0, 0.1) is 5.92 Å². The van der Waals surface area contributed by atoms with Gasteiger partial charge in [-0.25, -0.2) is 0 Å². The molecule has 0 saturated carbocycles. The zero-order valence-electron chi connectivity index (χ0n) is 10.6. The maximum absolute atomic E-state index is 6.08. The summed E-state index contributed by atoms with van der Waals surface area (Å²) in [5.74, 6) is 1.98. The maximum Gasteiger partial charge on any atom is 0.184 e. The van der Waals surface area contributed by atoms with Crippen LogP contribution < -0.4 is 20.1 Å². The fraction of sp³-hybridized carbons (Fsp3) is 0.462. The fourth-order valence-corrected chi connectivity index (χ4v) is 2.97. The monoisotopic (exact) mass is 264 g/mol. The molecule has 5 heteroatoms. The van der Waals surface area contributed by atoms with E-state index in [-0.39, 0.29) is 12.0 Å². The first-order chi connectivity index (χ1) is 8.53. The normalized spacial score (nSPS) is 32.7. The number of hydrogen-bond acceptors (Lipinski definition) is 3. The standard InChI is InChI=1S/C13H16N2O2S/c1-7-11-9-6-8(16-3)4-5-10(9)17-13(7,2)15-12(18)14-11/h4-7,11H,1-3H3,(H2,14,15,18). The van der Waals surface area contributed by atoms with Gasteiger partial charge in [0.05, 0.1) is 13.2 Å². The molecule has 3 rings (SSSR count). The van der Waals surface area contributed by atoms with Gasteiger partial charge < -0.3 is 20.1 Å². The quantitative estimate of drug-likeness (QED) is 0.759. The second kappa shape index (κ2) is 3.75.